The Balaban J connectivity index is 2.57. The molecule has 0 saturated carbocycles. The molecule has 0 aromatic heterocycles. The van der Waals surface area contributed by atoms with Crippen LogP contribution in [0, 0.1) is 6.92 Å². The van der Waals surface area contributed by atoms with Crippen molar-refractivity contribution in [3.05, 3.63) is 29.8 Å². The number of rotatable bonds is 7. The van der Waals surface area contributed by atoms with Gasteiger partial charge in [0.1, 0.15) is 0 Å². The molecule has 0 bridgehead atoms. The third kappa shape index (κ3) is 4.39. The first-order valence-corrected chi connectivity index (χ1v) is 6.75. The van der Waals surface area contributed by atoms with Crippen LogP contribution in [-0.4, -0.2) is 19.1 Å². The molecule has 0 heterocycles. The van der Waals surface area contributed by atoms with E-state index in [1.54, 1.807) is 0 Å². The van der Waals surface area contributed by atoms with E-state index in [2.05, 4.69) is 49.9 Å². The molecule has 0 aliphatic heterocycles. The summed E-state index contributed by atoms with van der Waals surface area (Å²) >= 11 is 0. The van der Waals surface area contributed by atoms with E-state index in [9.17, 15) is 0 Å². The molecule has 1 atom stereocenters. The Bertz CT molecular complexity index is 322. The minimum atomic E-state index is 0.345. The number of aryl methyl sites for hydroxylation is 1. The van der Waals surface area contributed by atoms with Gasteiger partial charge in [0.05, 0.1) is 0 Å². The van der Waals surface area contributed by atoms with Gasteiger partial charge in [-0.15, -0.1) is 0 Å². The number of para-hydroxylation sites is 1. The van der Waals surface area contributed by atoms with E-state index >= 15 is 0 Å². The van der Waals surface area contributed by atoms with Crippen molar-refractivity contribution in [3.8, 4) is 0 Å². The Labute approximate surface area is 106 Å². The van der Waals surface area contributed by atoms with Gasteiger partial charge >= 0.3 is 0 Å². The molecule has 2 N–H and O–H groups in total. The highest BCUT2D eigenvalue weighted by atomic mass is 15.1. The predicted octanol–water partition coefficient (Wildman–Crippen LogP) is 3.34. The zero-order valence-corrected chi connectivity index (χ0v) is 11.4. The molecule has 96 valence electrons. The Kier molecular flexibility index (Phi) is 6.06. The lowest BCUT2D eigenvalue weighted by molar-refractivity contribution is 0.555. The van der Waals surface area contributed by atoms with Crippen molar-refractivity contribution in [2.24, 2.45) is 5.73 Å². The highest BCUT2D eigenvalue weighted by Crippen LogP contribution is 2.19. The van der Waals surface area contributed by atoms with Crippen LogP contribution in [0.15, 0.2) is 24.3 Å². The minimum Gasteiger partial charge on any atom is -0.372 e. The topological polar surface area (TPSA) is 29.3 Å². The van der Waals surface area contributed by atoms with E-state index in [4.69, 9.17) is 5.73 Å². The summed E-state index contributed by atoms with van der Waals surface area (Å²) in [5, 5.41) is 0. The van der Waals surface area contributed by atoms with Crippen LogP contribution in [0.3, 0.4) is 0 Å². The van der Waals surface area contributed by atoms with Gasteiger partial charge in [-0.05, 0) is 38.3 Å². The predicted molar refractivity (Wildman–Crippen MR) is 76.6 cm³/mol. The summed E-state index contributed by atoms with van der Waals surface area (Å²) in [5.74, 6) is 0. The first kappa shape index (κ1) is 14.0. The molecule has 17 heavy (non-hydrogen) atoms. The molecule has 0 spiro atoms. The minimum absolute atomic E-state index is 0.345. The monoisotopic (exact) mass is 234 g/mol. The summed E-state index contributed by atoms with van der Waals surface area (Å²) in [6.07, 6.45) is 3.39. The first-order valence-electron chi connectivity index (χ1n) is 6.75. The number of hydrogen-bond acceptors (Lipinski definition) is 2. The molecule has 1 aromatic rings. The van der Waals surface area contributed by atoms with Gasteiger partial charge in [-0.3, -0.25) is 0 Å². The van der Waals surface area contributed by atoms with Crippen LogP contribution in [0.4, 0.5) is 5.69 Å². The molecular weight excluding hydrogens is 208 g/mol. The van der Waals surface area contributed by atoms with E-state index in [0.29, 0.717) is 6.04 Å². The summed E-state index contributed by atoms with van der Waals surface area (Å²) in [4.78, 5) is 2.42. The summed E-state index contributed by atoms with van der Waals surface area (Å²) in [6, 6.07) is 8.92. The molecule has 0 aliphatic carbocycles. The fraction of sp³-hybridized carbons (Fsp3) is 0.600. The second kappa shape index (κ2) is 7.33. The van der Waals surface area contributed by atoms with Gasteiger partial charge in [0.2, 0.25) is 0 Å². The van der Waals surface area contributed by atoms with Crippen LogP contribution in [0.5, 0.6) is 0 Å². The van der Waals surface area contributed by atoms with Crippen molar-refractivity contribution in [3.63, 3.8) is 0 Å². The molecule has 0 fully saturated rings. The second-order valence-corrected chi connectivity index (χ2v) is 4.70. The Morgan fingerprint density at radius 1 is 1.18 bits per heavy atom. The maximum absolute atomic E-state index is 6.08. The molecule has 2 heteroatoms. The smallest absolute Gasteiger partial charge is 0.0395 e. The van der Waals surface area contributed by atoms with Crippen LogP contribution in [-0.2, 0) is 0 Å². The lowest BCUT2D eigenvalue weighted by Crippen LogP contribution is -2.30. The van der Waals surface area contributed by atoms with Crippen LogP contribution in [0.2, 0.25) is 0 Å². The van der Waals surface area contributed by atoms with Crippen LogP contribution < -0.4 is 10.6 Å². The van der Waals surface area contributed by atoms with Gasteiger partial charge < -0.3 is 10.6 Å². The van der Waals surface area contributed by atoms with E-state index in [1.165, 1.54) is 17.7 Å². The lowest BCUT2D eigenvalue weighted by atomic mass is 10.1. The zero-order chi connectivity index (χ0) is 12.7. The summed E-state index contributed by atoms with van der Waals surface area (Å²) in [7, 11) is 0. The second-order valence-electron chi connectivity index (χ2n) is 4.70. The van der Waals surface area contributed by atoms with E-state index < -0.39 is 0 Å². The SMILES string of the molecule is CCCC(N)CCN(CC)c1ccccc1C. The van der Waals surface area contributed by atoms with Crippen molar-refractivity contribution < 1.29 is 0 Å². The fourth-order valence-electron chi connectivity index (χ4n) is 2.20. The number of nitrogens with zero attached hydrogens (tertiary/aromatic N) is 1. The van der Waals surface area contributed by atoms with Gasteiger partial charge in [-0.2, -0.15) is 0 Å². The highest BCUT2D eigenvalue weighted by molar-refractivity contribution is 5.52. The maximum atomic E-state index is 6.08. The summed E-state index contributed by atoms with van der Waals surface area (Å²) in [6.45, 7) is 8.67. The average Bonchev–Trinajstić information content (AvgIpc) is 2.32. The Morgan fingerprint density at radius 3 is 2.47 bits per heavy atom. The van der Waals surface area contributed by atoms with E-state index in [-0.39, 0.29) is 0 Å². The summed E-state index contributed by atoms with van der Waals surface area (Å²) < 4.78 is 0. The van der Waals surface area contributed by atoms with Crippen LogP contribution >= 0.6 is 0 Å². The molecule has 0 amide bonds. The van der Waals surface area contributed by atoms with Crippen molar-refractivity contribution in [2.75, 3.05) is 18.0 Å². The summed E-state index contributed by atoms with van der Waals surface area (Å²) in [5.41, 5.74) is 8.77. The third-order valence-electron chi connectivity index (χ3n) is 3.27. The van der Waals surface area contributed by atoms with Crippen molar-refractivity contribution in [1.29, 1.82) is 0 Å². The van der Waals surface area contributed by atoms with Gasteiger partial charge in [-0.1, -0.05) is 31.5 Å². The number of nitrogens with two attached hydrogens (primary N) is 1. The van der Waals surface area contributed by atoms with Crippen LogP contribution in [0.25, 0.3) is 0 Å². The van der Waals surface area contributed by atoms with Crippen molar-refractivity contribution >= 4 is 5.69 Å². The normalized spacial score (nSPS) is 12.5. The third-order valence-corrected chi connectivity index (χ3v) is 3.27. The Morgan fingerprint density at radius 2 is 1.88 bits per heavy atom. The Hall–Kier alpha value is -1.02. The number of benzene rings is 1. The van der Waals surface area contributed by atoms with Gasteiger partial charge in [0.25, 0.3) is 0 Å². The van der Waals surface area contributed by atoms with E-state index in [0.717, 1.165) is 25.9 Å². The van der Waals surface area contributed by atoms with Crippen molar-refractivity contribution in [1.82, 2.24) is 0 Å². The highest BCUT2D eigenvalue weighted by Gasteiger charge is 2.08. The molecular formula is C15H26N2. The number of anilines is 1. The molecule has 2 nitrogen and oxygen atoms in total. The molecule has 0 radical (unpaired) electrons. The maximum Gasteiger partial charge on any atom is 0.0395 e. The average molecular weight is 234 g/mol. The van der Waals surface area contributed by atoms with Gasteiger partial charge in [0.15, 0.2) is 0 Å². The molecule has 0 aliphatic rings. The quantitative estimate of drug-likeness (QED) is 0.784. The molecule has 0 saturated heterocycles. The number of hydrogen-bond donors (Lipinski definition) is 1. The van der Waals surface area contributed by atoms with E-state index in [1.807, 2.05) is 0 Å². The first-order chi connectivity index (χ1) is 8.19. The lowest BCUT2D eigenvalue weighted by Gasteiger charge is -2.26. The largest absolute Gasteiger partial charge is 0.372 e. The standard InChI is InChI=1S/C15H26N2/c1-4-8-14(16)11-12-17(5-2)15-10-7-6-9-13(15)3/h6-7,9-10,14H,4-5,8,11-12,16H2,1-3H3. The molecule has 1 aromatic carbocycles. The molecule has 1 rings (SSSR count). The van der Waals surface area contributed by atoms with Crippen LogP contribution in [0.1, 0.15) is 38.7 Å². The zero-order valence-electron chi connectivity index (χ0n) is 11.4. The van der Waals surface area contributed by atoms with Crippen molar-refractivity contribution in [2.45, 2.75) is 46.1 Å². The van der Waals surface area contributed by atoms with Gasteiger partial charge in [0, 0.05) is 24.8 Å². The molecule has 1 unspecified atom stereocenters. The van der Waals surface area contributed by atoms with Gasteiger partial charge in [-0.25, -0.2) is 0 Å². The fourth-order valence-corrected chi connectivity index (χ4v) is 2.20.